The van der Waals surface area contributed by atoms with Gasteiger partial charge in [-0.25, -0.2) is 0 Å². The number of hydrogen-bond acceptors (Lipinski definition) is 3. The molecule has 0 aliphatic heterocycles. The van der Waals surface area contributed by atoms with Crippen LogP contribution < -0.4 is 4.74 Å². The fraction of sp³-hybridized carbons (Fsp3) is 0.182. The molecule has 80 valence electrons. The van der Waals surface area contributed by atoms with Gasteiger partial charge in [-0.1, -0.05) is 11.6 Å². The van der Waals surface area contributed by atoms with E-state index in [-0.39, 0.29) is 12.4 Å². The Bertz CT molecular complexity index is 343. The van der Waals surface area contributed by atoms with Crippen molar-refractivity contribution in [2.45, 2.75) is 0 Å². The van der Waals surface area contributed by atoms with Crippen LogP contribution in [0.5, 0.6) is 5.75 Å². The number of hydrogen-bond donors (Lipinski definition) is 0. The summed E-state index contributed by atoms with van der Waals surface area (Å²) in [6.45, 7) is -0.0183. The van der Waals surface area contributed by atoms with Crippen LogP contribution in [-0.2, 0) is 4.74 Å². The molecule has 0 aliphatic carbocycles. The molecular formula is C11H11ClO3. The summed E-state index contributed by atoms with van der Waals surface area (Å²) in [5, 5.41) is 0. The quantitative estimate of drug-likeness (QED) is 0.572. The monoisotopic (exact) mass is 226 g/mol. The first kappa shape index (κ1) is 11.6. The van der Waals surface area contributed by atoms with E-state index >= 15 is 0 Å². The first-order chi connectivity index (χ1) is 7.27. The zero-order valence-electron chi connectivity index (χ0n) is 8.27. The second kappa shape index (κ2) is 6.09. The molecule has 0 unspecified atom stereocenters. The van der Waals surface area contributed by atoms with Crippen LogP contribution in [0.1, 0.15) is 10.4 Å². The van der Waals surface area contributed by atoms with E-state index in [1.165, 1.54) is 11.8 Å². The first-order valence-electron chi connectivity index (χ1n) is 4.32. The molecule has 0 fully saturated rings. The Balaban J connectivity index is 2.58. The van der Waals surface area contributed by atoms with Crippen molar-refractivity contribution in [2.75, 3.05) is 13.7 Å². The largest absolute Gasteiger partial charge is 0.497 e. The minimum Gasteiger partial charge on any atom is -0.497 e. The first-order valence-corrected chi connectivity index (χ1v) is 4.75. The summed E-state index contributed by atoms with van der Waals surface area (Å²) in [4.78, 5) is 11.5. The van der Waals surface area contributed by atoms with Gasteiger partial charge in [-0.05, 0) is 24.3 Å². The zero-order valence-corrected chi connectivity index (χ0v) is 9.03. The van der Waals surface area contributed by atoms with Gasteiger partial charge in [0.2, 0.25) is 0 Å². The van der Waals surface area contributed by atoms with Crippen LogP contribution in [0.2, 0.25) is 0 Å². The van der Waals surface area contributed by atoms with Gasteiger partial charge in [-0.15, -0.1) is 0 Å². The molecule has 4 heteroatoms. The van der Waals surface area contributed by atoms with E-state index in [2.05, 4.69) is 0 Å². The lowest BCUT2D eigenvalue weighted by molar-refractivity contribution is 0.0887. The van der Waals surface area contributed by atoms with E-state index in [1.807, 2.05) is 0 Å². The van der Waals surface area contributed by atoms with Gasteiger partial charge in [0, 0.05) is 11.1 Å². The fourth-order valence-corrected chi connectivity index (χ4v) is 1.09. The molecule has 0 radical (unpaired) electrons. The van der Waals surface area contributed by atoms with Crippen molar-refractivity contribution in [3.8, 4) is 5.75 Å². The molecule has 0 spiro atoms. The Labute approximate surface area is 93.3 Å². The molecule has 0 N–H and O–H groups in total. The molecule has 0 saturated heterocycles. The van der Waals surface area contributed by atoms with Crippen molar-refractivity contribution in [2.24, 2.45) is 0 Å². The van der Waals surface area contributed by atoms with Crippen LogP contribution >= 0.6 is 11.6 Å². The molecule has 0 bridgehead atoms. The zero-order chi connectivity index (χ0) is 11.1. The van der Waals surface area contributed by atoms with Crippen molar-refractivity contribution in [1.29, 1.82) is 0 Å². The maximum absolute atomic E-state index is 11.5. The van der Waals surface area contributed by atoms with Gasteiger partial charge < -0.3 is 9.47 Å². The van der Waals surface area contributed by atoms with E-state index in [1.54, 1.807) is 31.4 Å². The van der Waals surface area contributed by atoms with Gasteiger partial charge in [-0.3, -0.25) is 4.79 Å². The molecule has 1 rings (SSSR count). The Hall–Kier alpha value is -1.48. The third-order valence-electron chi connectivity index (χ3n) is 1.77. The highest BCUT2D eigenvalue weighted by molar-refractivity contribution is 6.25. The normalized spacial score (nSPS) is 10.3. The predicted octanol–water partition coefficient (Wildman–Crippen LogP) is 2.60. The lowest BCUT2D eigenvalue weighted by Crippen LogP contribution is -2.06. The SMILES string of the molecule is COc1ccc(C(=O)CO/C=C\Cl)cc1. The number of rotatable bonds is 5. The molecule has 1 aromatic carbocycles. The fourth-order valence-electron chi connectivity index (χ4n) is 1.02. The van der Waals surface area contributed by atoms with Gasteiger partial charge >= 0.3 is 0 Å². The Kier molecular flexibility index (Phi) is 4.71. The highest BCUT2D eigenvalue weighted by atomic mass is 35.5. The molecular weight excluding hydrogens is 216 g/mol. The average molecular weight is 227 g/mol. The Morgan fingerprint density at radius 3 is 2.60 bits per heavy atom. The summed E-state index contributed by atoms with van der Waals surface area (Å²) < 4.78 is 9.84. The number of halogens is 1. The summed E-state index contributed by atoms with van der Waals surface area (Å²) in [7, 11) is 1.57. The minimum atomic E-state index is -0.104. The van der Waals surface area contributed by atoms with E-state index in [0.717, 1.165) is 0 Å². The third kappa shape index (κ3) is 3.64. The van der Waals surface area contributed by atoms with Crippen molar-refractivity contribution < 1.29 is 14.3 Å². The van der Waals surface area contributed by atoms with Gasteiger partial charge in [-0.2, -0.15) is 0 Å². The van der Waals surface area contributed by atoms with Crippen LogP contribution in [0.15, 0.2) is 36.1 Å². The number of Topliss-reactive ketones (excluding diaryl/α,β-unsaturated/α-hetero) is 1. The number of benzene rings is 1. The predicted molar refractivity (Wildman–Crippen MR) is 58.3 cm³/mol. The molecule has 0 amide bonds. The van der Waals surface area contributed by atoms with Gasteiger partial charge in [0.1, 0.15) is 5.75 Å². The Morgan fingerprint density at radius 1 is 1.40 bits per heavy atom. The van der Waals surface area contributed by atoms with Crippen LogP contribution in [-0.4, -0.2) is 19.5 Å². The van der Waals surface area contributed by atoms with Crippen molar-refractivity contribution in [1.82, 2.24) is 0 Å². The van der Waals surface area contributed by atoms with E-state index in [0.29, 0.717) is 11.3 Å². The van der Waals surface area contributed by atoms with Crippen molar-refractivity contribution in [3.63, 3.8) is 0 Å². The summed E-state index contributed by atoms with van der Waals surface area (Å²) in [5.74, 6) is 0.612. The number of ether oxygens (including phenoxy) is 2. The van der Waals surface area contributed by atoms with Crippen LogP contribution in [0.4, 0.5) is 0 Å². The summed E-state index contributed by atoms with van der Waals surface area (Å²) in [5.41, 5.74) is 1.79. The summed E-state index contributed by atoms with van der Waals surface area (Å²) in [6, 6.07) is 6.83. The lowest BCUT2D eigenvalue weighted by Gasteiger charge is -2.02. The molecule has 0 aromatic heterocycles. The van der Waals surface area contributed by atoms with E-state index in [4.69, 9.17) is 21.1 Å². The second-order valence-electron chi connectivity index (χ2n) is 2.72. The molecule has 3 nitrogen and oxygen atoms in total. The minimum absolute atomic E-state index is 0.0183. The standard InChI is InChI=1S/C11H11ClO3/c1-14-10-4-2-9(3-5-10)11(13)8-15-7-6-12/h2-7H,8H2,1H3/b7-6-. The molecule has 0 aliphatic rings. The van der Waals surface area contributed by atoms with Gasteiger partial charge in [0.05, 0.1) is 13.4 Å². The third-order valence-corrected chi connectivity index (χ3v) is 1.88. The topological polar surface area (TPSA) is 35.5 Å². The summed E-state index contributed by atoms with van der Waals surface area (Å²) >= 11 is 5.24. The second-order valence-corrected chi connectivity index (χ2v) is 2.98. The number of carbonyl (C=O) groups is 1. The van der Waals surface area contributed by atoms with Crippen LogP contribution in [0, 0.1) is 0 Å². The molecule has 0 atom stereocenters. The van der Waals surface area contributed by atoms with E-state index < -0.39 is 0 Å². The van der Waals surface area contributed by atoms with E-state index in [9.17, 15) is 4.79 Å². The van der Waals surface area contributed by atoms with Crippen LogP contribution in [0.25, 0.3) is 0 Å². The van der Waals surface area contributed by atoms with Crippen molar-refractivity contribution >= 4 is 17.4 Å². The van der Waals surface area contributed by atoms with Crippen LogP contribution in [0.3, 0.4) is 0 Å². The highest BCUT2D eigenvalue weighted by Crippen LogP contribution is 2.11. The van der Waals surface area contributed by atoms with Gasteiger partial charge in [0.25, 0.3) is 0 Å². The maximum Gasteiger partial charge on any atom is 0.200 e. The molecule has 0 heterocycles. The number of methoxy groups -OCH3 is 1. The number of ketones is 1. The molecule has 1 aromatic rings. The van der Waals surface area contributed by atoms with Crippen molar-refractivity contribution in [3.05, 3.63) is 41.6 Å². The smallest absolute Gasteiger partial charge is 0.200 e. The highest BCUT2D eigenvalue weighted by Gasteiger charge is 2.05. The maximum atomic E-state index is 11.5. The molecule has 0 saturated carbocycles. The lowest BCUT2D eigenvalue weighted by atomic mass is 10.1. The average Bonchev–Trinajstić information content (AvgIpc) is 2.29. The molecule has 15 heavy (non-hydrogen) atoms. The van der Waals surface area contributed by atoms with Gasteiger partial charge in [0.15, 0.2) is 12.4 Å². The number of carbonyl (C=O) groups excluding carboxylic acids is 1. The Morgan fingerprint density at radius 2 is 2.07 bits per heavy atom. The summed E-state index contributed by atoms with van der Waals surface area (Å²) in [6.07, 6.45) is 1.27.